The fourth-order valence-corrected chi connectivity index (χ4v) is 1.67. The molecule has 14 heavy (non-hydrogen) atoms. The normalized spacial score (nSPS) is 28.9. The summed E-state index contributed by atoms with van der Waals surface area (Å²) in [5.41, 5.74) is 0.620. The van der Waals surface area contributed by atoms with E-state index in [1.165, 1.54) is 0 Å². The van der Waals surface area contributed by atoms with Gasteiger partial charge in [0.2, 0.25) is 0 Å². The third-order valence-corrected chi connectivity index (χ3v) is 3.34. The molecule has 0 spiro atoms. The lowest BCUT2D eigenvalue weighted by Gasteiger charge is -2.32. The molecule has 0 atom stereocenters. The van der Waals surface area contributed by atoms with E-state index in [2.05, 4.69) is 39.1 Å². The van der Waals surface area contributed by atoms with Gasteiger partial charge in [-0.2, -0.15) is 0 Å². The van der Waals surface area contributed by atoms with E-state index < -0.39 is 0 Å². The minimum atomic E-state index is -0.233. The van der Waals surface area contributed by atoms with Gasteiger partial charge in [0.05, 0.1) is 11.2 Å². The lowest BCUT2D eigenvalue weighted by Crippen LogP contribution is -2.41. The zero-order valence-electron chi connectivity index (χ0n) is 9.39. The number of rotatable bonds is 1. The maximum atomic E-state index is 5.89. The average molecular weight is 195 g/mol. The lowest BCUT2D eigenvalue weighted by molar-refractivity contribution is 0.00578. The van der Waals surface area contributed by atoms with Crippen LogP contribution in [0, 0.1) is 0 Å². The topological polar surface area (TPSA) is 30.5 Å². The van der Waals surface area contributed by atoms with Crippen LogP contribution in [-0.2, 0) is 9.31 Å². The third kappa shape index (κ3) is 1.46. The summed E-state index contributed by atoms with van der Waals surface area (Å²) in [6.07, 6.45) is 3.22. The van der Waals surface area contributed by atoms with Gasteiger partial charge in [-0.05, 0) is 34.1 Å². The summed E-state index contributed by atoms with van der Waals surface area (Å²) in [6.45, 7) is 9.29. The van der Waals surface area contributed by atoms with Crippen LogP contribution in [0.2, 0.25) is 0 Å². The Kier molecular flexibility index (Phi) is 2.16. The maximum Gasteiger partial charge on any atom is 0.511 e. The fourth-order valence-electron chi connectivity index (χ4n) is 1.67. The Morgan fingerprint density at radius 2 is 1.79 bits per heavy atom. The van der Waals surface area contributed by atoms with Gasteiger partial charge in [0.1, 0.15) is 0 Å². The van der Waals surface area contributed by atoms with Crippen molar-refractivity contribution < 1.29 is 9.31 Å². The van der Waals surface area contributed by atoms with Crippen molar-refractivity contribution in [2.24, 2.45) is 0 Å². The van der Waals surface area contributed by atoms with Crippen LogP contribution in [0.15, 0.2) is 11.7 Å². The minimum Gasteiger partial charge on any atom is -0.398 e. The van der Waals surface area contributed by atoms with E-state index in [4.69, 9.17) is 9.31 Å². The fraction of sp³-hybridized carbons (Fsp3) is 0.800. The average Bonchev–Trinajstić information content (AvgIpc) is 2.58. The molecule has 3 nitrogen and oxygen atoms in total. The highest BCUT2D eigenvalue weighted by molar-refractivity contribution is 6.54. The van der Waals surface area contributed by atoms with Crippen molar-refractivity contribution in [2.45, 2.75) is 45.3 Å². The molecule has 0 saturated carbocycles. The Balaban J connectivity index is 2.13. The second kappa shape index (κ2) is 3.01. The molecule has 4 heteroatoms. The second-order valence-electron chi connectivity index (χ2n) is 4.96. The minimum absolute atomic E-state index is 0.206. The maximum absolute atomic E-state index is 5.89. The number of hydrogen-bond donors (Lipinski definition) is 1. The number of hydrogen-bond acceptors (Lipinski definition) is 3. The van der Waals surface area contributed by atoms with Crippen LogP contribution < -0.4 is 5.32 Å². The summed E-state index contributed by atoms with van der Waals surface area (Å²) in [5.74, 6) is 0. The molecule has 0 unspecified atom stereocenters. The first-order chi connectivity index (χ1) is 6.42. The van der Waals surface area contributed by atoms with Crippen molar-refractivity contribution in [1.82, 2.24) is 5.32 Å². The van der Waals surface area contributed by atoms with Gasteiger partial charge in [0.15, 0.2) is 0 Å². The molecule has 2 aliphatic heterocycles. The van der Waals surface area contributed by atoms with Gasteiger partial charge in [-0.3, -0.25) is 0 Å². The summed E-state index contributed by atoms with van der Waals surface area (Å²) >= 11 is 0. The van der Waals surface area contributed by atoms with Crippen molar-refractivity contribution in [3.63, 3.8) is 0 Å². The molecule has 0 aliphatic carbocycles. The summed E-state index contributed by atoms with van der Waals surface area (Å²) < 4.78 is 11.8. The van der Waals surface area contributed by atoms with Gasteiger partial charge in [-0.15, -0.1) is 0 Å². The largest absolute Gasteiger partial charge is 0.511 e. The van der Waals surface area contributed by atoms with E-state index in [-0.39, 0.29) is 18.3 Å². The molecular formula is C10H18BNO2. The van der Waals surface area contributed by atoms with Gasteiger partial charge in [-0.25, -0.2) is 0 Å². The molecule has 0 aromatic carbocycles. The first kappa shape index (κ1) is 10.1. The molecule has 0 aromatic heterocycles. The zero-order valence-corrected chi connectivity index (χ0v) is 9.39. The lowest BCUT2D eigenvalue weighted by atomic mass is 9.85. The molecule has 0 bridgehead atoms. The van der Waals surface area contributed by atoms with Crippen LogP contribution in [0.5, 0.6) is 0 Å². The van der Waals surface area contributed by atoms with Crippen LogP contribution in [0.4, 0.5) is 0 Å². The van der Waals surface area contributed by atoms with Gasteiger partial charge < -0.3 is 14.6 Å². The Hall–Kier alpha value is -0.475. The summed E-state index contributed by atoms with van der Waals surface area (Å²) in [7, 11) is -0.206. The van der Waals surface area contributed by atoms with E-state index in [0.29, 0.717) is 0 Å². The predicted octanol–water partition coefficient (Wildman–Crippen LogP) is 1.49. The molecular weight excluding hydrogens is 177 g/mol. The molecule has 0 aromatic rings. The van der Waals surface area contributed by atoms with Crippen LogP contribution in [0.3, 0.4) is 0 Å². The number of nitrogens with one attached hydrogen (secondary N) is 1. The SMILES string of the molecule is CC1(C)OB(C2=CCCN2)OC1(C)C. The Labute approximate surface area is 86.0 Å². The van der Waals surface area contributed by atoms with Crippen molar-refractivity contribution in [3.8, 4) is 0 Å². The Morgan fingerprint density at radius 3 is 2.21 bits per heavy atom. The predicted molar refractivity (Wildman–Crippen MR) is 56.8 cm³/mol. The van der Waals surface area contributed by atoms with Crippen LogP contribution in [0.1, 0.15) is 34.1 Å². The summed E-state index contributed by atoms with van der Waals surface area (Å²) in [4.78, 5) is 0. The van der Waals surface area contributed by atoms with Crippen molar-refractivity contribution in [1.29, 1.82) is 0 Å². The standard InChI is InChI=1S/C10H18BNO2/c1-9(2)10(3,4)14-11(13-9)8-6-5-7-12-8/h6,12H,5,7H2,1-4H3. The van der Waals surface area contributed by atoms with Gasteiger partial charge in [-0.1, -0.05) is 6.08 Å². The second-order valence-corrected chi connectivity index (χ2v) is 4.96. The van der Waals surface area contributed by atoms with Crippen LogP contribution in [0.25, 0.3) is 0 Å². The molecule has 0 amide bonds. The van der Waals surface area contributed by atoms with Crippen LogP contribution >= 0.6 is 0 Å². The molecule has 2 rings (SSSR count). The quantitative estimate of drug-likeness (QED) is 0.643. The highest BCUT2D eigenvalue weighted by Crippen LogP contribution is 2.38. The first-order valence-electron chi connectivity index (χ1n) is 5.22. The highest BCUT2D eigenvalue weighted by Gasteiger charge is 2.52. The first-order valence-corrected chi connectivity index (χ1v) is 5.22. The van der Waals surface area contributed by atoms with Gasteiger partial charge in [0, 0.05) is 12.1 Å². The van der Waals surface area contributed by atoms with Crippen molar-refractivity contribution in [2.75, 3.05) is 6.54 Å². The molecule has 1 saturated heterocycles. The monoisotopic (exact) mass is 195 g/mol. The van der Waals surface area contributed by atoms with Gasteiger partial charge >= 0.3 is 7.12 Å². The Bertz CT molecular complexity index is 257. The third-order valence-electron chi connectivity index (χ3n) is 3.34. The van der Waals surface area contributed by atoms with Crippen molar-refractivity contribution in [3.05, 3.63) is 11.7 Å². The van der Waals surface area contributed by atoms with Crippen LogP contribution in [-0.4, -0.2) is 24.9 Å². The molecule has 0 radical (unpaired) electrons. The molecule has 1 N–H and O–H groups in total. The molecule has 78 valence electrons. The molecule has 1 fully saturated rings. The zero-order chi connectivity index (χ0) is 10.4. The summed E-state index contributed by atoms with van der Waals surface area (Å²) in [6, 6.07) is 0. The summed E-state index contributed by atoms with van der Waals surface area (Å²) in [5, 5.41) is 3.29. The van der Waals surface area contributed by atoms with E-state index in [9.17, 15) is 0 Å². The Morgan fingerprint density at radius 1 is 1.21 bits per heavy atom. The van der Waals surface area contributed by atoms with Gasteiger partial charge in [0.25, 0.3) is 0 Å². The van der Waals surface area contributed by atoms with E-state index in [1.54, 1.807) is 0 Å². The highest BCUT2D eigenvalue weighted by atomic mass is 16.7. The smallest absolute Gasteiger partial charge is 0.398 e. The molecule has 2 aliphatic rings. The van der Waals surface area contributed by atoms with E-state index in [1.807, 2.05) is 0 Å². The molecule has 2 heterocycles. The van der Waals surface area contributed by atoms with E-state index >= 15 is 0 Å². The van der Waals surface area contributed by atoms with E-state index in [0.717, 1.165) is 18.6 Å². The van der Waals surface area contributed by atoms with Crippen molar-refractivity contribution >= 4 is 7.12 Å².